The minimum Gasteiger partial charge on any atom is -0.497 e. The number of methoxy groups -OCH3 is 1. The number of rotatable bonds is 6. The van der Waals surface area contributed by atoms with Gasteiger partial charge in [0.15, 0.2) is 0 Å². The maximum Gasteiger partial charge on any atom is 0.407 e. The molecule has 1 amide bonds. The molecule has 1 aromatic carbocycles. The van der Waals surface area contributed by atoms with E-state index in [4.69, 9.17) is 9.47 Å². The van der Waals surface area contributed by atoms with E-state index in [-0.39, 0.29) is 6.09 Å². The summed E-state index contributed by atoms with van der Waals surface area (Å²) in [5.74, 6) is 0.791. The summed E-state index contributed by atoms with van der Waals surface area (Å²) in [6.07, 6.45) is 0.417. The van der Waals surface area contributed by atoms with Crippen molar-refractivity contribution in [1.82, 2.24) is 5.32 Å². The number of amides is 1. The van der Waals surface area contributed by atoms with Gasteiger partial charge in [0.25, 0.3) is 0 Å². The zero-order valence-corrected chi connectivity index (χ0v) is 14.5. The molecule has 0 aliphatic heterocycles. The van der Waals surface area contributed by atoms with Crippen LogP contribution in [0, 0.1) is 0 Å². The summed E-state index contributed by atoms with van der Waals surface area (Å²) < 4.78 is 11.3. The molecule has 21 heavy (non-hydrogen) atoms. The Bertz CT molecular complexity index is 472. The Morgan fingerprint density at radius 3 is 2.57 bits per heavy atom. The molecule has 0 aliphatic rings. The predicted molar refractivity (Wildman–Crippen MR) is 88.0 cm³/mol. The molecular weight excluding hydrogens is 336 g/mol. The molecule has 2 N–H and O–H groups in total. The van der Waals surface area contributed by atoms with Gasteiger partial charge in [0.2, 0.25) is 0 Å². The van der Waals surface area contributed by atoms with Crippen molar-refractivity contribution >= 4 is 27.7 Å². The smallest absolute Gasteiger partial charge is 0.407 e. The Balaban J connectivity index is 2.25. The summed E-state index contributed by atoms with van der Waals surface area (Å²) in [5.41, 5.74) is 0.508. The van der Waals surface area contributed by atoms with Gasteiger partial charge in [-0.15, -0.1) is 0 Å². The maximum atomic E-state index is 11.4. The van der Waals surface area contributed by atoms with Crippen LogP contribution in [0.5, 0.6) is 5.75 Å². The van der Waals surface area contributed by atoms with E-state index < -0.39 is 5.60 Å². The normalized spacial score (nSPS) is 10.9. The Morgan fingerprint density at radius 1 is 1.24 bits per heavy atom. The van der Waals surface area contributed by atoms with Gasteiger partial charge in [-0.1, -0.05) is 15.9 Å². The average molecular weight is 359 g/mol. The summed E-state index contributed by atoms with van der Waals surface area (Å²) in [6, 6.07) is 5.80. The second-order valence-corrected chi connectivity index (χ2v) is 6.50. The molecule has 0 saturated heterocycles. The molecule has 0 heterocycles. The van der Waals surface area contributed by atoms with Crippen LogP contribution in [0.25, 0.3) is 0 Å². The second-order valence-electron chi connectivity index (χ2n) is 5.59. The lowest BCUT2D eigenvalue weighted by molar-refractivity contribution is 0.0528. The second kappa shape index (κ2) is 8.12. The number of benzene rings is 1. The zero-order valence-electron chi connectivity index (χ0n) is 13.0. The molecule has 118 valence electrons. The average Bonchev–Trinajstić information content (AvgIpc) is 2.35. The monoisotopic (exact) mass is 358 g/mol. The van der Waals surface area contributed by atoms with Crippen LogP contribution in [0.15, 0.2) is 22.7 Å². The van der Waals surface area contributed by atoms with Crippen LogP contribution in [0.4, 0.5) is 10.5 Å². The van der Waals surface area contributed by atoms with E-state index in [0.717, 1.165) is 28.9 Å². The molecule has 0 spiro atoms. The van der Waals surface area contributed by atoms with Gasteiger partial charge in [-0.2, -0.15) is 0 Å². The number of halogens is 1. The summed E-state index contributed by atoms with van der Waals surface area (Å²) in [5, 5.41) is 6.00. The Labute approximate surface area is 134 Å². The van der Waals surface area contributed by atoms with Gasteiger partial charge < -0.3 is 20.1 Å². The van der Waals surface area contributed by atoms with Crippen LogP contribution in [-0.4, -0.2) is 31.9 Å². The van der Waals surface area contributed by atoms with Gasteiger partial charge in [0, 0.05) is 29.3 Å². The lowest BCUT2D eigenvalue weighted by Crippen LogP contribution is -2.33. The highest BCUT2D eigenvalue weighted by Crippen LogP contribution is 2.24. The molecule has 0 aromatic heterocycles. The van der Waals surface area contributed by atoms with Crippen molar-refractivity contribution in [2.75, 3.05) is 25.5 Å². The van der Waals surface area contributed by atoms with Gasteiger partial charge in [0.1, 0.15) is 11.4 Å². The van der Waals surface area contributed by atoms with Crippen molar-refractivity contribution < 1.29 is 14.3 Å². The fourth-order valence-electron chi connectivity index (χ4n) is 1.61. The van der Waals surface area contributed by atoms with Crippen LogP contribution >= 0.6 is 15.9 Å². The summed E-state index contributed by atoms with van der Waals surface area (Å²) >= 11 is 3.43. The Hall–Kier alpha value is -1.43. The molecular formula is C15H23BrN2O3. The minimum absolute atomic E-state index is 0.383. The molecule has 0 unspecified atom stereocenters. The molecule has 0 aliphatic carbocycles. The molecule has 0 saturated carbocycles. The Morgan fingerprint density at radius 2 is 1.95 bits per heavy atom. The zero-order chi connectivity index (χ0) is 15.9. The number of anilines is 1. The van der Waals surface area contributed by atoms with E-state index in [2.05, 4.69) is 26.6 Å². The highest BCUT2D eigenvalue weighted by atomic mass is 79.9. The third-order valence-corrected chi connectivity index (χ3v) is 2.92. The number of hydrogen-bond donors (Lipinski definition) is 2. The maximum absolute atomic E-state index is 11.4. The fourth-order valence-corrected chi connectivity index (χ4v) is 2.08. The van der Waals surface area contributed by atoms with Crippen molar-refractivity contribution in [3.63, 3.8) is 0 Å². The van der Waals surface area contributed by atoms with Crippen molar-refractivity contribution in [1.29, 1.82) is 0 Å². The predicted octanol–water partition coefficient (Wildman–Crippen LogP) is 3.78. The fraction of sp³-hybridized carbons (Fsp3) is 0.533. The molecule has 0 radical (unpaired) electrons. The topological polar surface area (TPSA) is 59.6 Å². The minimum atomic E-state index is -0.463. The van der Waals surface area contributed by atoms with Gasteiger partial charge in [-0.25, -0.2) is 4.79 Å². The number of hydrogen-bond acceptors (Lipinski definition) is 4. The first-order valence-electron chi connectivity index (χ1n) is 6.85. The van der Waals surface area contributed by atoms with Crippen molar-refractivity contribution in [3.8, 4) is 5.75 Å². The summed E-state index contributed by atoms with van der Waals surface area (Å²) in [7, 11) is 1.64. The van der Waals surface area contributed by atoms with E-state index in [1.807, 2.05) is 39.0 Å². The standard InChI is InChI=1S/C15H23BrN2O3/c1-15(2,3)21-14(19)18-7-5-6-17-12-8-11(16)9-13(10-12)20-4/h8-10,17H,5-7H2,1-4H3,(H,18,19). The first-order chi connectivity index (χ1) is 9.80. The number of nitrogens with one attached hydrogen (secondary N) is 2. The third-order valence-electron chi connectivity index (χ3n) is 2.46. The molecule has 0 atom stereocenters. The highest BCUT2D eigenvalue weighted by Gasteiger charge is 2.15. The molecule has 1 rings (SSSR count). The SMILES string of the molecule is COc1cc(Br)cc(NCCCNC(=O)OC(C)(C)C)c1. The molecule has 0 fully saturated rings. The number of ether oxygens (including phenoxy) is 2. The van der Waals surface area contributed by atoms with E-state index in [1.165, 1.54) is 0 Å². The van der Waals surface area contributed by atoms with Crippen LogP contribution in [0.3, 0.4) is 0 Å². The van der Waals surface area contributed by atoms with Gasteiger partial charge in [-0.05, 0) is 39.3 Å². The highest BCUT2D eigenvalue weighted by molar-refractivity contribution is 9.10. The lowest BCUT2D eigenvalue weighted by Gasteiger charge is -2.19. The molecule has 1 aromatic rings. The van der Waals surface area contributed by atoms with Gasteiger partial charge >= 0.3 is 6.09 Å². The van der Waals surface area contributed by atoms with E-state index in [9.17, 15) is 4.79 Å². The first-order valence-corrected chi connectivity index (χ1v) is 7.65. The van der Waals surface area contributed by atoms with E-state index >= 15 is 0 Å². The summed E-state index contributed by atoms with van der Waals surface area (Å²) in [6.45, 7) is 6.83. The van der Waals surface area contributed by atoms with Crippen LogP contribution in [0.1, 0.15) is 27.2 Å². The lowest BCUT2D eigenvalue weighted by atomic mass is 10.2. The third kappa shape index (κ3) is 7.80. The van der Waals surface area contributed by atoms with Crippen LogP contribution in [-0.2, 0) is 4.74 Å². The molecule has 0 bridgehead atoms. The van der Waals surface area contributed by atoms with Crippen LogP contribution in [0.2, 0.25) is 0 Å². The van der Waals surface area contributed by atoms with Crippen molar-refractivity contribution in [2.45, 2.75) is 32.8 Å². The molecule has 5 nitrogen and oxygen atoms in total. The van der Waals surface area contributed by atoms with Crippen molar-refractivity contribution in [2.24, 2.45) is 0 Å². The van der Waals surface area contributed by atoms with E-state index in [1.54, 1.807) is 7.11 Å². The summed E-state index contributed by atoms with van der Waals surface area (Å²) in [4.78, 5) is 11.4. The first kappa shape index (κ1) is 17.6. The number of carbonyl (C=O) groups excluding carboxylic acids is 1. The van der Waals surface area contributed by atoms with E-state index in [0.29, 0.717) is 6.54 Å². The molecule has 6 heteroatoms. The van der Waals surface area contributed by atoms with Gasteiger partial charge in [0.05, 0.1) is 7.11 Å². The van der Waals surface area contributed by atoms with Gasteiger partial charge in [-0.3, -0.25) is 0 Å². The Kier molecular flexibility index (Phi) is 6.81. The van der Waals surface area contributed by atoms with Crippen molar-refractivity contribution in [3.05, 3.63) is 22.7 Å². The number of alkyl carbamates (subject to hydrolysis) is 1. The quantitative estimate of drug-likeness (QED) is 0.759. The number of carbonyl (C=O) groups is 1. The largest absolute Gasteiger partial charge is 0.497 e. The van der Waals surface area contributed by atoms with Crippen LogP contribution < -0.4 is 15.4 Å².